The number of amides is 2. The van der Waals surface area contributed by atoms with E-state index in [-0.39, 0.29) is 5.69 Å². The number of nitrogens with zero attached hydrogens (tertiary/aromatic N) is 3. The third-order valence-corrected chi connectivity index (χ3v) is 3.12. The van der Waals surface area contributed by atoms with E-state index in [1.807, 2.05) is 0 Å². The lowest BCUT2D eigenvalue weighted by Gasteiger charge is -2.09. The zero-order chi connectivity index (χ0) is 17.1. The van der Waals surface area contributed by atoms with E-state index in [0.29, 0.717) is 17.3 Å². The Morgan fingerprint density at radius 1 is 1.08 bits per heavy atom. The number of aryl methyl sites for hydroxylation is 1. The molecule has 0 aliphatic heterocycles. The molecule has 1 aromatic carbocycles. The molecule has 2 amide bonds. The highest BCUT2D eigenvalue weighted by Crippen LogP contribution is 2.17. The molecule has 3 rings (SSSR count). The summed E-state index contributed by atoms with van der Waals surface area (Å²) in [5.41, 5.74) is 0.816. The van der Waals surface area contributed by atoms with Crippen molar-refractivity contribution in [1.82, 2.24) is 14.8 Å². The summed E-state index contributed by atoms with van der Waals surface area (Å²) in [5.74, 6) is -1.09. The molecule has 0 aliphatic carbocycles. The Labute approximate surface area is 136 Å². The molecule has 0 radical (unpaired) electrons. The number of halogens is 2. The van der Waals surface area contributed by atoms with Crippen LogP contribution in [0.5, 0.6) is 0 Å². The van der Waals surface area contributed by atoms with Crippen molar-refractivity contribution in [2.75, 3.05) is 10.6 Å². The largest absolute Gasteiger partial charge is 0.324 e. The first-order valence-electron chi connectivity index (χ1n) is 7.04. The second kappa shape index (κ2) is 6.45. The van der Waals surface area contributed by atoms with Crippen LogP contribution in [-0.4, -0.2) is 20.8 Å². The third kappa shape index (κ3) is 3.37. The molecule has 0 fully saturated rings. The van der Waals surface area contributed by atoms with Crippen LogP contribution in [0.1, 0.15) is 5.69 Å². The van der Waals surface area contributed by atoms with Gasteiger partial charge in [-0.25, -0.2) is 18.6 Å². The first kappa shape index (κ1) is 15.6. The highest BCUT2D eigenvalue weighted by atomic mass is 19.2. The van der Waals surface area contributed by atoms with Gasteiger partial charge in [0.1, 0.15) is 5.82 Å². The molecule has 0 spiro atoms. The lowest BCUT2D eigenvalue weighted by molar-refractivity contribution is 0.262. The van der Waals surface area contributed by atoms with Crippen LogP contribution in [0.4, 0.5) is 25.1 Å². The number of hydrogen-bond donors (Lipinski definition) is 2. The summed E-state index contributed by atoms with van der Waals surface area (Å²) in [6, 6.07) is 9.46. The number of aromatic nitrogens is 3. The van der Waals surface area contributed by atoms with Gasteiger partial charge in [-0.2, -0.15) is 9.78 Å². The van der Waals surface area contributed by atoms with E-state index < -0.39 is 17.7 Å². The predicted molar refractivity (Wildman–Crippen MR) is 85.1 cm³/mol. The molecule has 122 valence electrons. The van der Waals surface area contributed by atoms with Crippen LogP contribution < -0.4 is 10.6 Å². The molecule has 0 bridgehead atoms. The van der Waals surface area contributed by atoms with E-state index >= 15 is 0 Å². The van der Waals surface area contributed by atoms with Crippen LogP contribution in [0.25, 0.3) is 5.82 Å². The number of anilines is 2. The summed E-state index contributed by atoms with van der Waals surface area (Å²) in [6.07, 6.45) is 1.61. The van der Waals surface area contributed by atoms with Gasteiger partial charge in [0, 0.05) is 24.0 Å². The Hall–Kier alpha value is -3.29. The van der Waals surface area contributed by atoms with Gasteiger partial charge in [0.15, 0.2) is 17.5 Å². The van der Waals surface area contributed by atoms with Gasteiger partial charge in [-0.05, 0) is 31.2 Å². The van der Waals surface area contributed by atoms with E-state index in [9.17, 15) is 13.6 Å². The van der Waals surface area contributed by atoms with Crippen LogP contribution in [0.15, 0.2) is 48.7 Å². The summed E-state index contributed by atoms with van der Waals surface area (Å²) in [4.78, 5) is 16.2. The molecule has 0 aliphatic rings. The molecular weight excluding hydrogens is 316 g/mol. The SMILES string of the molecule is Cc1cc(NC(=O)Nc2ccc(F)c(F)c2)n(-c2ccccn2)n1. The molecule has 0 atom stereocenters. The van der Waals surface area contributed by atoms with Gasteiger partial charge >= 0.3 is 6.03 Å². The number of rotatable bonds is 3. The van der Waals surface area contributed by atoms with E-state index in [1.54, 1.807) is 37.4 Å². The monoisotopic (exact) mass is 329 g/mol. The van der Waals surface area contributed by atoms with Gasteiger partial charge in [0.05, 0.1) is 5.69 Å². The summed E-state index contributed by atoms with van der Waals surface area (Å²) >= 11 is 0. The summed E-state index contributed by atoms with van der Waals surface area (Å²) in [7, 11) is 0. The Morgan fingerprint density at radius 3 is 2.62 bits per heavy atom. The molecule has 2 N–H and O–H groups in total. The number of benzene rings is 1. The lowest BCUT2D eigenvalue weighted by atomic mass is 10.3. The zero-order valence-electron chi connectivity index (χ0n) is 12.6. The van der Waals surface area contributed by atoms with Crippen LogP contribution in [0, 0.1) is 18.6 Å². The maximum atomic E-state index is 13.2. The Kier molecular flexibility index (Phi) is 4.19. The number of hydrogen-bond acceptors (Lipinski definition) is 3. The minimum Gasteiger partial charge on any atom is -0.308 e. The first-order valence-corrected chi connectivity index (χ1v) is 7.04. The lowest BCUT2D eigenvalue weighted by Crippen LogP contribution is -2.21. The summed E-state index contributed by atoms with van der Waals surface area (Å²) in [6.45, 7) is 1.78. The number of pyridine rings is 1. The zero-order valence-corrected chi connectivity index (χ0v) is 12.6. The molecule has 2 aromatic heterocycles. The number of urea groups is 1. The molecule has 6 nitrogen and oxygen atoms in total. The van der Waals surface area contributed by atoms with E-state index in [4.69, 9.17) is 0 Å². The summed E-state index contributed by atoms with van der Waals surface area (Å²) in [5, 5.41) is 9.30. The first-order chi connectivity index (χ1) is 11.5. The Balaban J connectivity index is 1.78. The maximum Gasteiger partial charge on any atom is 0.324 e. The fraction of sp³-hybridized carbons (Fsp3) is 0.0625. The van der Waals surface area contributed by atoms with Gasteiger partial charge in [-0.15, -0.1) is 0 Å². The molecule has 0 unspecified atom stereocenters. The highest BCUT2D eigenvalue weighted by molar-refractivity contribution is 5.99. The predicted octanol–water partition coefficient (Wildman–Crippen LogP) is 3.50. The van der Waals surface area contributed by atoms with Crippen molar-refractivity contribution in [2.24, 2.45) is 0 Å². The second-order valence-corrected chi connectivity index (χ2v) is 4.98. The van der Waals surface area contributed by atoms with Crippen molar-refractivity contribution < 1.29 is 13.6 Å². The van der Waals surface area contributed by atoms with Crippen LogP contribution in [0.2, 0.25) is 0 Å². The summed E-state index contributed by atoms with van der Waals surface area (Å²) < 4.78 is 27.6. The fourth-order valence-corrected chi connectivity index (χ4v) is 2.09. The topological polar surface area (TPSA) is 71.8 Å². The standard InChI is InChI=1S/C16H13F2N5O/c1-10-8-15(23(22-10)14-4-2-3-7-19-14)21-16(24)20-11-5-6-12(17)13(18)9-11/h2-9H,1H3,(H2,20,21,24). The second-order valence-electron chi connectivity index (χ2n) is 4.98. The highest BCUT2D eigenvalue weighted by Gasteiger charge is 2.12. The van der Waals surface area contributed by atoms with Crippen LogP contribution >= 0.6 is 0 Å². The molecule has 0 saturated heterocycles. The normalized spacial score (nSPS) is 10.5. The molecule has 0 saturated carbocycles. The molecule has 24 heavy (non-hydrogen) atoms. The van der Waals surface area contributed by atoms with E-state index in [0.717, 1.165) is 12.1 Å². The molecule has 3 aromatic rings. The molecule has 2 heterocycles. The minimum absolute atomic E-state index is 0.132. The van der Waals surface area contributed by atoms with Crippen molar-refractivity contribution >= 4 is 17.5 Å². The molecular formula is C16H13F2N5O. The maximum absolute atomic E-state index is 13.2. The van der Waals surface area contributed by atoms with Crippen molar-refractivity contribution in [2.45, 2.75) is 6.92 Å². The van der Waals surface area contributed by atoms with Crippen LogP contribution in [0.3, 0.4) is 0 Å². The van der Waals surface area contributed by atoms with Gasteiger partial charge in [0.25, 0.3) is 0 Å². The van der Waals surface area contributed by atoms with Crippen molar-refractivity contribution in [3.05, 3.63) is 66.0 Å². The van der Waals surface area contributed by atoms with Gasteiger partial charge in [-0.1, -0.05) is 6.07 Å². The van der Waals surface area contributed by atoms with Crippen molar-refractivity contribution in [3.8, 4) is 5.82 Å². The number of carbonyl (C=O) groups is 1. The fourth-order valence-electron chi connectivity index (χ4n) is 2.09. The average Bonchev–Trinajstić information content (AvgIpc) is 2.92. The molecule has 8 heteroatoms. The van der Waals surface area contributed by atoms with E-state index in [2.05, 4.69) is 20.7 Å². The van der Waals surface area contributed by atoms with Crippen molar-refractivity contribution in [1.29, 1.82) is 0 Å². The Bertz CT molecular complexity index is 879. The quantitative estimate of drug-likeness (QED) is 0.772. The van der Waals surface area contributed by atoms with Crippen LogP contribution in [-0.2, 0) is 0 Å². The smallest absolute Gasteiger partial charge is 0.308 e. The van der Waals surface area contributed by atoms with Crippen molar-refractivity contribution in [3.63, 3.8) is 0 Å². The minimum atomic E-state index is -1.04. The van der Waals surface area contributed by atoms with E-state index in [1.165, 1.54) is 10.7 Å². The van der Waals surface area contributed by atoms with Gasteiger partial charge in [0.2, 0.25) is 0 Å². The van der Waals surface area contributed by atoms with Gasteiger partial charge < -0.3 is 5.32 Å². The number of carbonyl (C=O) groups excluding carboxylic acids is 1. The Morgan fingerprint density at radius 2 is 1.92 bits per heavy atom. The van der Waals surface area contributed by atoms with Gasteiger partial charge in [-0.3, -0.25) is 5.32 Å². The number of nitrogens with one attached hydrogen (secondary N) is 2. The third-order valence-electron chi connectivity index (χ3n) is 3.12. The average molecular weight is 329 g/mol.